The summed E-state index contributed by atoms with van der Waals surface area (Å²) < 4.78 is 36.4. The number of fused-ring (bicyclic) bond motifs is 4. The lowest BCUT2D eigenvalue weighted by molar-refractivity contribution is -0.263. The number of oxime groups is 1. The maximum atomic E-state index is 14.6. The summed E-state index contributed by atoms with van der Waals surface area (Å²) in [4.78, 5) is 117. The minimum atomic E-state index is -2.66. The number of hydrogen-bond donors (Lipinski definition) is 0. The third-order valence-corrected chi connectivity index (χ3v) is 13.8. The molecule has 1 aromatic heterocycles. The zero-order valence-corrected chi connectivity index (χ0v) is 41.4. The first-order chi connectivity index (χ1) is 34.1. The van der Waals surface area contributed by atoms with Crippen LogP contribution < -0.4 is 9.47 Å². The summed E-state index contributed by atoms with van der Waals surface area (Å²) in [5, 5.41) is 7.04. The van der Waals surface area contributed by atoms with Crippen molar-refractivity contribution in [2.75, 3.05) is 6.61 Å². The van der Waals surface area contributed by atoms with E-state index in [-0.39, 0.29) is 59.1 Å². The Labute approximate surface area is 417 Å². The predicted octanol–water partition coefficient (Wildman–Crippen LogP) is 6.27. The molecule has 20 heteroatoms. The van der Waals surface area contributed by atoms with Gasteiger partial charge in [-0.25, -0.2) is 19.4 Å². The number of carbonyl (C=O) groups is 7. The molecule has 6 aliphatic heterocycles. The first-order valence-corrected chi connectivity index (χ1v) is 24.6. The van der Waals surface area contributed by atoms with Crippen LogP contribution in [0.4, 0.5) is 0 Å². The molecule has 2 bridgehead atoms. The van der Waals surface area contributed by atoms with Crippen molar-refractivity contribution in [2.24, 2.45) is 11.1 Å². The van der Waals surface area contributed by atoms with Crippen LogP contribution in [0.5, 0.6) is 11.5 Å². The molecule has 0 aliphatic carbocycles. The van der Waals surface area contributed by atoms with Crippen LogP contribution in [-0.4, -0.2) is 109 Å². The lowest BCUT2D eigenvalue weighted by atomic mass is 9.90. The van der Waals surface area contributed by atoms with Crippen LogP contribution in [0.15, 0.2) is 83.3 Å². The number of Topliss-reactive ketones (excluding diaryl/α,β-unsaturated/α-hetero) is 1. The van der Waals surface area contributed by atoms with Gasteiger partial charge in [0.25, 0.3) is 17.7 Å². The molecule has 19 nitrogen and oxygen atoms in total. The molecule has 0 N–H and O–H groups in total. The quantitative estimate of drug-likeness (QED) is 0.0502. The number of ketones is 1. The van der Waals surface area contributed by atoms with E-state index in [1.807, 2.05) is 60.7 Å². The van der Waals surface area contributed by atoms with E-state index in [4.69, 9.17) is 38.1 Å². The fourth-order valence-corrected chi connectivity index (χ4v) is 10.5. The predicted molar refractivity (Wildman–Crippen MR) is 251 cm³/mol. The number of aromatic nitrogens is 1. The van der Waals surface area contributed by atoms with Crippen LogP contribution in [0.25, 0.3) is 0 Å². The van der Waals surface area contributed by atoms with Crippen molar-refractivity contribution in [1.82, 2.24) is 14.9 Å². The molecule has 0 saturated carbocycles. The maximum Gasteiger partial charge on any atom is 0.375 e. The van der Waals surface area contributed by atoms with Gasteiger partial charge < -0.3 is 33.3 Å². The number of amides is 3. The number of rotatable bonds is 12. The van der Waals surface area contributed by atoms with Crippen LogP contribution in [0.2, 0.25) is 0 Å². The summed E-state index contributed by atoms with van der Waals surface area (Å²) in [5.74, 6) is -9.00. The minimum Gasteiger partial charge on any atom is -0.457 e. The Morgan fingerprint density at radius 2 is 1.33 bits per heavy atom. The second-order valence-corrected chi connectivity index (χ2v) is 21.8. The van der Waals surface area contributed by atoms with Gasteiger partial charge in [-0.2, -0.15) is 5.06 Å². The zero-order chi connectivity index (χ0) is 51.1. The highest BCUT2D eigenvalue weighted by Gasteiger charge is 2.66. The number of esters is 3. The molecule has 3 amide bonds. The minimum absolute atomic E-state index is 0.105. The van der Waals surface area contributed by atoms with E-state index < -0.39 is 101 Å². The highest BCUT2D eigenvalue weighted by atomic mass is 32.1. The van der Waals surface area contributed by atoms with E-state index in [0.29, 0.717) is 38.9 Å². The van der Waals surface area contributed by atoms with Crippen molar-refractivity contribution >= 4 is 58.5 Å². The first-order valence-electron chi connectivity index (χ1n) is 23.7. The third kappa shape index (κ3) is 8.57. The summed E-state index contributed by atoms with van der Waals surface area (Å²) in [5.41, 5.74) is -5.38. The fraction of sp³-hybridized carbons (Fsp3) is 0.442. The van der Waals surface area contributed by atoms with Crippen molar-refractivity contribution in [3.63, 3.8) is 0 Å². The summed E-state index contributed by atoms with van der Waals surface area (Å²) in [6.07, 6.45) is -0.265. The topological polar surface area (TPSA) is 225 Å². The monoisotopic (exact) mass is 1000 g/mol. The number of ether oxygens (including phenoxy) is 6. The van der Waals surface area contributed by atoms with Gasteiger partial charge in [-0.1, -0.05) is 65.8 Å². The molecular formula is C52H52N4O15S. The van der Waals surface area contributed by atoms with Crippen molar-refractivity contribution < 1.29 is 71.7 Å². The molecule has 72 heavy (non-hydrogen) atoms. The molecule has 10 rings (SSSR count). The standard InChI is InChI=1S/C52H52N4O15S/c1-28-53-36(27-72-28)41(54-71-50(46(62)69-48(2,3)4)23-32-18-19-33(24-50)65-32)38(57)20-29-26-64-56(42(29)58)51(47(63)70-49(5,6)7)25-37(45(61)68-51)55-43(59)34-21-39-40(22-35(34)44(55)60)67-52(66-39,30-14-10-8-11-15-30)31-16-12-9-13-17-31/h8-17,21-22,27,29,32-33,37H,18-20,23-26H2,1-7H3/b54-41-/t29-,32?,33?,37-,50?,51?/m0/s1. The summed E-state index contributed by atoms with van der Waals surface area (Å²) in [6.45, 7) is 11.1. The van der Waals surface area contributed by atoms with Crippen LogP contribution in [0.3, 0.4) is 0 Å². The van der Waals surface area contributed by atoms with E-state index in [1.165, 1.54) is 23.5 Å². The van der Waals surface area contributed by atoms with Crippen molar-refractivity contribution in [3.8, 4) is 11.5 Å². The Bertz CT molecular complexity index is 2840. The molecule has 3 unspecified atom stereocenters. The number of benzene rings is 3. The molecule has 4 aromatic rings. The van der Waals surface area contributed by atoms with Crippen LogP contribution in [0, 0.1) is 12.8 Å². The SMILES string of the molecule is Cc1nc(/C(=N/OC2(C(=O)OC(C)(C)C)CC3CCC(C2)O3)C(=O)C[C@H]2CON(C3(C(=O)OC(C)(C)C)C[C@H](N4C(=O)c5cc6c(cc5C4=O)OC(c4ccccc4)(c4ccccc4)O6)C(=O)O3)C2=O)cs1. The Morgan fingerprint density at radius 3 is 1.86 bits per heavy atom. The smallest absolute Gasteiger partial charge is 0.375 e. The Morgan fingerprint density at radius 1 is 0.778 bits per heavy atom. The number of thiazole rings is 1. The van der Waals surface area contributed by atoms with Gasteiger partial charge in [-0.15, -0.1) is 11.3 Å². The van der Waals surface area contributed by atoms with Crippen LogP contribution in [-0.2, 0) is 58.4 Å². The molecule has 6 aliphatic rings. The summed E-state index contributed by atoms with van der Waals surface area (Å²) in [7, 11) is 0. The number of aryl methyl sites for hydroxylation is 1. The van der Waals surface area contributed by atoms with Gasteiger partial charge in [-0.05, 0) is 73.4 Å². The van der Waals surface area contributed by atoms with Gasteiger partial charge in [0.05, 0.1) is 47.3 Å². The molecule has 4 fully saturated rings. The van der Waals surface area contributed by atoms with Crippen molar-refractivity contribution in [3.05, 3.63) is 111 Å². The molecule has 7 heterocycles. The van der Waals surface area contributed by atoms with E-state index in [1.54, 1.807) is 53.8 Å². The largest absolute Gasteiger partial charge is 0.457 e. The molecule has 0 radical (unpaired) electrons. The highest BCUT2D eigenvalue weighted by Crippen LogP contribution is 2.51. The maximum absolute atomic E-state index is 14.6. The van der Waals surface area contributed by atoms with Gasteiger partial charge in [0.15, 0.2) is 23.0 Å². The second-order valence-electron chi connectivity index (χ2n) is 20.7. The van der Waals surface area contributed by atoms with Gasteiger partial charge in [0.1, 0.15) is 22.9 Å². The molecule has 4 saturated heterocycles. The number of hydroxylamine groups is 2. The number of hydrogen-bond acceptors (Lipinski definition) is 18. The van der Waals surface area contributed by atoms with E-state index in [0.717, 1.165) is 0 Å². The Balaban J connectivity index is 0.910. The summed E-state index contributed by atoms with van der Waals surface area (Å²) >= 11 is 1.24. The Kier molecular flexibility index (Phi) is 11.9. The van der Waals surface area contributed by atoms with E-state index in [9.17, 15) is 33.6 Å². The molecule has 0 spiro atoms. The lowest BCUT2D eigenvalue weighted by Crippen LogP contribution is -2.57. The highest BCUT2D eigenvalue weighted by molar-refractivity contribution is 7.09. The van der Waals surface area contributed by atoms with Gasteiger partial charge in [-0.3, -0.25) is 28.9 Å². The molecule has 5 atom stereocenters. The summed E-state index contributed by atoms with van der Waals surface area (Å²) in [6, 6.07) is 19.3. The average molecular weight is 1010 g/mol. The van der Waals surface area contributed by atoms with Gasteiger partial charge in [0.2, 0.25) is 5.60 Å². The normalized spacial score (nSPS) is 26.5. The fourth-order valence-electron chi connectivity index (χ4n) is 9.87. The number of imide groups is 1. The van der Waals surface area contributed by atoms with Gasteiger partial charge >= 0.3 is 29.4 Å². The van der Waals surface area contributed by atoms with Crippen LogP contribution in [0.1, 0.15) is 123 Å². The van der Waals surface area contributed by atoms with Crippen LogP contribution >= 0.6 is 11.3 Å². The molecule has 376 valence electrons. The van der Waals surface area contributed by atoms with Gasteiger partial charge in [0, 0.05) is 35.8 Å². The second kappa shape index (κ2) is 17.6. The number of cyclic esters (lactones) is 1. The first kappa shape index (κ1) is 48.6. The van der Waals surface area contributed by atoms with Crippen molar-refractivity contribution in [2.45, 2.75) is 134 Å². The van der Waals surface area contributed by atoms with E-state index >= 15 is 0 Å². The Hall–Kier alpha value is -7.03. The average Bonchev–Trinajstić information content (AvgIpc) is 4.19. The van der Waals surface area contributed by atoms with Crippen molar-refractivity contribution in [1.29, 1.82) is 0 Å². The zero-order valence-electron chi connectivity index (χ0n) is 40.6. The molecule has 3 aromatic carbocycles. The lowest BCUT2D eigenvalue weighted by Gasteiger charge is -2.38. The number of carbonyl (C=O) groups excluding carboxylic acids is 7. The van der Waals surface area contributed by atoms with E-state index in [2.05, 4.69) is 10.1 Å². The third-order valence-electron chi connectivity index (χ3n) is 13.1. The molecular weight excluding hydrogens is 953 g/mol. The number of nitrogens with zero attached hydrogens (tertiary/aromatic N) is 4.